The monoisotopic (exact) mass is 1400 g/mol. The average Bonchev–Trinajstić information content (AvgIpc) is 1.57. The van der Waals surface area contributed by atoms with Gasteiger partial charge < -0.3 is 33.8 Å². The molecule has 0 aliphatic carbocycles. The molecule has 0 aromatic carbocycles. The van der Waals surface area contributed by atoms with Crippen LogP contribution in [0.25, 0.3) is 0 Å². The molecule has 0 aromatic heterocycles. The molecule has 95 heavy (non-hydrogen) atoms. The Morgan fingerprint density at radius 2 is 0.505 bits per heavy atom. The summed E-state index contributed by atoms with van der Waals surface area (Å²) < 4.78 is 68.5. The summed E-state index contributed by atoms with van der Waals surface area (Å²) in [7, 11) is -9.91. The molecule has 19 heteroatoms. The second-order valence-electron chi connectivity index (χ2n) is 27.6. The topological polar surface area (TPSA) is 237 Å². The fraction of sp³-hybridized carbons (Fsp3) is 0.947. The fourth-order valence-electron chi connectivity index (χ4n) is 11.7. The van der Waals surface area contributed by atoms with E-state index in [4.69, 9.17) is 37.0 Å². The minimum atomic E-state index is -4.96. The summed E-state index contributed by atoms with van der Waals surface area (Å²) in [5.74, 6) is -1.30. The first-order chi connectivity index (χ1) is 46.1. The third kappa shape index (κ3) is 69.0. The van der Waals surface area contributed by atoms with Gasteiger partial charge in [-0.1, -0.05) is 349 Å². The number of aliphatic hydroxyl groups excluding tert-OH is 1. The van der Waals surface area contributed by atoms with Gasteiger partial charge >= 0.3 is 39.5 Å². The molecule has 0 radical (unpaired) electrons. The van der Waals surface area contributed by atoms with Gasteiger partial charge in [0.05, 0.1) is 26.4 Å². The maximum absolute atomic E-state index is 13.1. The maximum Gasteiger partial charge on any atom is 0.472 e. The molecule has 0 saturated carbocycles. The molecular formula is C76H148O17P2. The number of aliphatic hydroxyl groups is 1. The normalized spacial score (nSPS) is 14.2. The zero-order valence-corrected chi connectivity index (χ0v) is 63.6. The summed E-state index contributed by atoms with van der Waals surface area (Å²) in [5, 5.41) is 10.6. The van der Waals surface area contributed by atoms with E-state index < -0.39 is 97.5 Å². The van der Waals surface area contributed by atoms with Crippen LogP contribution in [-0.2, 0) is 65.4 Å². The Labute approximate surface area is 581 Å². The number of unbranched alkanes of at least 4 members (excludes halogenated alkanes) is 47. The molecule has 0 bridgehead atoms. The van der Waals surface area contributed by atoms with Gasteiger partial charge in [-0.05, 0) is 31.6 Å². The van der Waals surface area contributed by atoms with Crippen LogP contribution in [0.5, 0.6) is 0 Å². The number of carbonyl (C=O) groups is 4. The lowest BCUT2D eigenvalue weighted by atomic mass is 9.99. The van der Waals surface area contributed by atoms with Crippen LogP contribution in [0.4, 0.5) is 0 Å². The first-order valence-corrected chi connectivity index (χ1v) is 42.7. The number of phosphoric ester groups is 2. The number of carbonyl (C=O) groups excluding carboxylic acids is 4. The molecule has 0 spiro atoms. The first kappa shape index (κ1) is 93.1. The molecule has 3 unspecified atom stereocenters. The van der Waals surface area contributed by atoms with Gasteiger partial charge in [0, 0.05) is 25.7 Å². The summed E-state index contributed by atoms with van der Waals surface area (Å²) in [6.07, 6.45) is 58.1. The molecule has 0 saturated heterocycles. The van der Waals surface area contributed by atoms with Crippen LogP contribution < -0.4 is 0 Å². The molecule has 0 heterocycles. The van der Waals surface area contributed by atoms with Crippen LogP contribution >= 0.6 is 15.6 Å². The number of phosphoric acid groups is 2. The van der Waals surface area contributed by atoms with E-state index in [0.717, 1.165) is 95.8 Å². The summed E-state index contributed by atoms with van der Waals surface area (Å²) in [6, 6.07) is 0. The number of esters is 4. The van der Waals surface area contributed by atoms with Gasteiger partial charge in [0.25, 0.3) is 0 Å². The Bertz CT molecular complexity index is 1820. The average molecular weight is 1400 g/mol. The van der Waals surface area contributed by atoms with Crippen molar-refractivity contribution in [2.24, 2.45) is 5.92 Å². The van der Waals surface area contributed by atoms with Crippen molar-refractivity contribution in [1.82, 2.24) is 0 Å². The fourth-order valence-corrected chi connectivity index (χ4v) is 13.3. The van der Waals surface area contributed by atoms with Crippen molar-refractivity contribution in [2.75, 3.05) is 39.6 Å². The van der Waals surface area contributed by atoms with Crippen LogP contribution in [-0.4, -0.2) is 96.7 Å². The quantitative estimate of drug-likeness (QED) is 0.0222. The predicted octanol–water partition coefficient (Wildman–Crippen LogP) is 22.5. The van der Waals surface area contributed by atoms with Crippen molar-refractivity contribution < 1.29 is 80.2 Å². The second kappa shape index (κ2) is 69.2. The minimum Gasteiger partial charge on any atom is -0.462 e. The third-order valence-corrected chi connectivity index (χ3v) is 20.0. The Morgan fingerprint density at radius 3 is 0.747 bits per heavy atom. The van der Waals surface area contributed by atoms with Gasteiger partial charge in [0.15, 0.2) is 12.2 Å². The summed E-state index contributed by atoms with van der Waals surface area (Å²) in [6.45, 7) is 7.31. The van der Waals surface area contributed by atoms with E-state index in [1.54, 1.807) is 0 Å². The number of hydrogen-bond acceptors (Lipinski definition) is 15. The lowest BCUT2D eigenvalue weighted by Gasteiger charge is -2.21. The van der Waals surface area contributed by atoms with Gasteiger partial charge in [-0.25, -0.2) is 9.13 Å². The van der Waals surface area contributed by atoms with Crippen molar-refractivity contribution in [3.63, 3.8) is 0 Å². The van der Waals surface area contributed by atoms with E-state index in [0.29, 0.717) is 25.7 Å². The number of hydrogen-bond donors (Lipinski definition) is 3. The summed E-state index contributed by atoms with van der Waals surface area (Å²) >= 11 is 0. The van der Waals surface area contributed by atoms with E-state index in [1.807, 2.05) is 0 Å². The lowest BCUT2D eigenvalue weighted by molar-refractivity contribution is -0.161. The first-order valence-electron chi connectivity index (χ1n) is 39.7. The molecule has 0 aliphatic heterocycles. The second-order valence-corrected chi connectivity index (χ2v) is 30.5. The Balaban J connectivity index is 5.23. The highest BCUT2D eigenvalue weighted by molar-refractivity contribution is 7.47. The maximum atomic E-state index is 13.1. The highest BCUT2D eigenvalue weighted by atomic mass is 31.2. The summed E-state index contributed by atoms with van der Waals surface area (Å²) in [5.41, 5.74) is 0. The van der Waals surface area contributed by atoms with Gasteiger partial charge in [-0.15, -0.1) is 0 Å². The molecule has 0 amide bonds. The van der Waals surface area contributed by atoms with Gasteiger partial charge in [-0.2, -0.15) is 0 Å². The van der Waals surface area contributed by atoms with E-state index >= 15 is 0 Å². The van der Waals surface area contributed by atoms with Crippen LogP contribution in [0, 0.1) is 5.92 Å². The Kier molecular flexibility index (Phi) is 67.7. The number of ether oxygens (including phenoxy) is 4. The highest BCUT2D eigenvalue weighted by Crippen LogP contribution is 2.45. The van der Waals surface area contributed by atoms with Crippen molar-refractivity contribution in [3.8, 4) is 0 Å². The van der Waals surface area contributed by atoms with Crippen molar-refractivity contribution in [1.29, 1.82) is 0 Å². The van der Waals surface area contributed by atoms with Gasteiger partial charge in [0.2, 0.25) is 0 Å². The van der Waals surface area contributed by atoms with Crippen molar-refractivity contribution in [2.45, 2.75) is 419 Å². The SMILES string of the molecule is CCCCCCCCCCCCCCCCCCCCC(=O)O[C@H](COC(=O)CCCCCCCCCCCCC(C)CC)COP(=O)(O)OC[C@@H](O)COP(=O)(O)OC[C@@H](COC(=O)CCCCCCCCCCC)OC(=O)CCCCCCCCCCCCCCCC. The van der Waals surface area contributed by atoms with Gasteiger partial charge in [0.1, 0.15) is 19.3 Å². The lowest BCUT2D eigenvalue weighted by Crippen LogP contribution is -2.30. The molecular weight excluding hydrogens is 1250 g/mol. The van der Waals surface area contributed by atoms with E-state index in [-0.39, 0.29) is 25.7 Å². The third-order valence-electron chi connectivity index (χ3n) is 18.1. The van der Waals surface area contributed by atoms with Crippen LogP contribution in [0.1, 0.15) is 401 Å². The van der Waals surface area contributed by atoms with Crippen LogP contribution in [0.2, 0.25) is 0 Å². The molecule has 0 aliphatic rings. The zero-order valence-electron chi connectivity index (χ0n) is 61.8. The molecule has 0 fully saturated rings. The van der Waals surface area contributed by atoms with E-state index in [9.17, 15) is 43.2 Å². The minimum absolute atomic E-state index is 0.108. The molecule has 17 nitrogen and oxygen atoms in total. The van der Waals surface area contributed by atoms with Crippen molar-refractivity contribution in [3.05, 3.63) is 0 Å². The molecule has 0 rings (SSSR count). The molecule has 564 valence electrons. The van der Waals surface area contributed by atoms with Crippen LogP contribution in [0.3, 0.4) is 0 Å². The number of rotatable bonds is 76. The predicted molar refractivity (Wildman–Crippen MR) is 386 cm³/mol. The standard InChI is InChI=1S/C76H148O17P2/c1-6-10-13-16-19-22-24-26-28-29-30-31-33-35-42-47-52-57-62-76(81)93-72(66-87-74(79)60-55-50-45-40-37-36-39-43-48-53-58-69(5)9-4)68-91-95(84,85)89-64-70(77)63-88-94(82,83)90-67-71(65-86-73(78)59-54-49-44-38-21-18-15-12-8-3)92-75(80)61-56-51-46-41-34-32-27-25-23-20-17-14-11-7-2/h69-72,77H,6-68H2,1-5H3,(H,82,83)(H,84,85)/t69?,70-,71+,72+/m0/s1. The molecule has 0 aromatic rings. The van der Waals surface area contributed by atoms with Gasteiger partial charge in [-0.3, -0.25) is 37.3 Å². The van der Waals surface area contributed by atoms with Crippen molar-refractivity contribution >= 4 is 39.5 Å². The smallest absolute Gasteiger partial charge is 0.462 e. The highest BCUT2D eigenvalue weighted by Gasteiger charge is 2.30. The van der Waals surface area contributed by atoms with E-state index in [2.05, 4.69) is 34.6 Å². The summed E-state index contributed by atoms with van der Waals surface area (Å²) in [4.78, 5) is 72.8. The zero-order chi connectivity index (χ0) is 69.8. The van der Waals surface area contributed by atoms with Crippen LogP contribution in [0.15, 0.2) is 0 Å². The molecule has 6 atom stereocenters. The molecule has 3 N–H and O–H groups in total. The van der Waals surface area contributed by atoms with E-state index in [1.165, 1.54) is 225 Å². The Hall–Kier alpha value is -1.94. The largest absolute Gasteiger partial charge is 0.472 e. The Morgan fingerprint density at radius 1 is 0.295 bits per heavy atom.